The molecule has 154 valence electrons. The molecule has 1 heterocycles. The van der Waals surface area contributed by atoms with Gasteiger partial charge in [0.25, 0.3) is 5.91 Å². The fourth-order valence-electron chi connectivity index (χ4n) is 3.57. The molecule has 1 aliphatic heterocycles. The standard InChI is InChI=1S/C23H27FN2O3/c1-25(14-6-16-29-21-8-3-2-4-9-21)22(27)19-7-5-15-26(17-19)23(28)18-10-12-20(24)13-11-18/h2-4,8-13,19H,5-7,14-17H2,1H3. The number of para-hydroxylation sites is 1. The molecule has 1 atom stereocenters. The van der Waals surface area contributed by atoms with Gasteiger partial charge in [-0.25, -0.2) is 4.39 Å². The minimum atomic E-state index is -0.369. The van der Waals surface area contributed by atoms with Crippen LogP contribution in [0.5, 0.6) is 5.75 Å². The van der Waals surface area contributed by atoms with Gasteiger partial charge in [0.15, 0.2) is 0 Å². The molecule has 1 unspecified atom stereocenters. The van der Waals surface area contributed by atoms with E-state index in [0.29, 0.717) is 31.8 Å². The van der Waals surface area contributed by atoms with Gasteiger partial charge in [-0.2, -0.15) is 0 Å². The van der Waals surface area contributed by atoms with Gasteiger partial charge >= 0.3 is 0 Å². The van der Waals surface area contributed by atoms with Crippen molar-refractivity contribution in [3.63, 3.8) is 0 Å². The van der Waals surface area contributed by atoms with Crippen LogP contribution in [-0.2, 0) is 4.79 Å². The van der Waals surface area contributed by atoms with Crippen LogP contribution >= 0.6 is 0 Å². The number of carbonyl (C=O) groups is 2. The average molecular weight is 398 g/mol. The Hall–Kier alpha value is -2.89. The number of hydrogen-bond donors (Lipinski definition) is 0. The van der Waals surface area contributed by atoms with Crippen LogP contribution < -0.4 is 4.74 Å². The van der Waals surface area contributed by atoms with E-state index in [0.717, 1.165) is 25.0 Å². The fourth-order valence-corrected chi connectivity index (χ4v) is 3.57. The van der Waals surface area contributed by atoms with Crippen LogP contribution in [0.25, 0.3) is 0 Å². The first kappa shape index (κ1) is 20.8. The Bertz CT molecular complexity index is 811. The maximum absolute atomic E-state index is 13.1. The van der Waals surface area contributed by atoms with E-state index < -0.39 is 0 Å². The van der Waals surface area contributed by atoms with E-state index >= 15 is 0 Å². The van der Waals surface area contributed by atoms with E-state index in [2.05, 4.69) is 0 Å². The molecule has 0 aliphatic carbocycles. The number of amides is 2. The molecule has 2 aromatic carbocycles. The molecule has 3 rings (SSSR count). The monoisotopic (exact) mass is 398 g/mol. The van der Waals surface area contributed by atoms with Crippen LogP contribution in [0.2, 0.25) is 0 Å². The number of carbonyl (C=O) groups excluding carboxylic acids is 2. The summed E-state index contributed by atoms with van der Waals surface area (Å²) in [6.07, 6.45) is 2.30. The van der Waals surface area contributed by atoms with Crippen LogP contribution in [0.15, 0.2) is 54.6 Å². The molecule has 0 N–H and O–H groups in total. The Balaban J connectivity index is 1.46. The third-order valence-corrected chi connectivity index (χ3v) is 5.18. The zero-order valence-corrected chi connectivity index (χ0v) is 16.7. The topological polar surface area (TPSA) is 49.9 Å². The van der Waals surface area contributed by atoms with Crippen molar-refractivity contribution in [1.82, 2.24) is 9.80 Å². The minimum absolute atomic E-state index is 0.0568. The summed E-state index contributed by atoms with van der Waals surface area (Å²) in [4.78, 5) is 28.9. The number of halogens is 1. The van der Waals surface area contributed by atoms with E-state index in [9.17, 15) is 14.0 Å². The van der Waals surface area contributed by atoms with Crippen molar-refractivity contribution in [2.45, 2.75) is 19.3 Å². The summed E-state index contributed by atoms with van der Waals surface area (Å²) in [6, 6.07) is 15.1. The molecule has 1 saturated heterocycles. The van der Waals surface area contributed by atoms with Crippen molar-refractivity contribution in [1.29, 1.82) is 0 Å². The molecule has 0 aromatic heterocycles. The Morgan fingerprint density at radius 2 is 1.86 bits per heavy atom. The maximum atomic E-state index is 13.1. The molecule has 1 fully saturated rings. The smallest absolute Gasteiger partial charge is 0.253 e. The number of piperidine rings is 1. The van der Waals surface area contributed by atoms with Gasteiger partial charge in [0.1, 0.15) is 11.6 Å². The van der Waals surface area contributed by atoms with Crippen LogP contribution in [-0.4, -0.2) is 54.9 Å². The Labute approximate surface area is 171 Å². The molecule has 6 heteroatoms. The van der Waals surface area contributed by atoms with Crippen LogP contribution in [0.1, 0.15) is 29.6 Å². The molecule has 0 saturated carbocycles. The lowest BCUT2D eigenvalue weighted by atomic mass is 9.96. The lowest BCUT2D eigenvalue weighted by Crippen LogP contribution is -2.46. The maximum Gasteiger partial charge on any atom is 0.253 e. The highest BCUT2D eigenvalue weighted by molar-refractivity contribution is 5.94. The van der Waals surface area contributed by atoms with Crippen molar-refractivity contribution in [3.8, 4) is 5.75 Å². The van der Waals surface area contributed by atoms with Gasteiger partial charge in [-0.05, 0) is 55.7 Å². The molecular formula is C23H27FN2O3. The minimum Gasteiger partial charge on any atom is -0.494 e. The number of hydrogen-bond acceptors (Lipinski definition) is 3. The quantitative estimate of drug-likeness (QED) is 0.670. The van der Waals surface area contributed by atoms with E-state index in [1.165, 1.54) is 24.3 Å². The largest absolute Gasteiger partial charge is 0.494 e. The zero-order valence-electron chi connectivity index (χ0n) is 16.7. The molecule has 2 aromatic rings. The van der Waals surface area contributed by atoms with Gasteiger partial charge in [0, 0.05) is 32.2 Å². The van der Waals surface area contributed by atoms with E-state index in [-0.39, 0.29) is 23.5 Å². The molecule has 0 bridgehead atoms. The summed E-state index contributed by atoms with van der Waals surface area (Å²) in [6.45, 7) is 2.17. The van der Waals surface area contributed by atoms with Gasteiger partial charge in [-0.1, -0.05) is 18.2 Å². The summed E-state index contributed by atoms with van der Waals surface area (Å²) >= 11 is 0. The molecule has 0 spiro atoms. The van der Waals surface area contributed by atoms with Gasteiger partial charge in [-0.15, -0.1) is 0 Å². The van der Waals surface area contributed by atoms with Crippen LogP contribution in [0, 0.1) is 11.7 Å². The summed E-state index contributed by atoms with van der Waals surface area (Å²) in [7, 11) is 1.80. The first-order valence-corrected chi connectivity index (χ1v) is 10.0. The predicted molar refractivity (Wildman–Crippen MR) is 109 cm³/mol. The van der Waals surface area contributed by atoms with E-state index in [1.807, 2.05) is 30.3 Å². The second-order valence-electron chi connectivity index (χ2n) is 7.37. The summed E-state index contributed by atoms with van der Waals surface area (Å²) in [5, 5.41) is 0. The molecule has 2 amide bonds. The fraction of sp³-hybridized carbons (Fsp3) is 0.391. The van der Waals surface area contributed by atoms with E-state index in [4.69, 9.17) is 4.74 Å². The number of rotatable bonds is 7. The molecular weight excluding hydrogens is 371 g/mol. The Morgan fingerprint density at radius 1 is 1.14 bits per heavy atom. The molecule has 1 aliphatic rings. The second kappa shape index (κ2) is 10.0. The molecule has 0 radical (unpaired) electrons. The number of ether oxygens (including phenoxy) is 1. The van der Waals surface area contributed by atoms with Gasteiger partial charge in [0.2, 0.25) is 5.91 Å². The van der Waals surface area contributed by atoms with E-state index in [1.54, 1.807) is 16.8 Å². The van der Waals surface area contributed by atoms with Gasteiger partial charge in [-0.3, -0.25) is 9.59 Å². The third kappa shape index (κ3) is 5.79. The average Bonchev–Trinajstić information content (AvgIpc) is 2.77. The van der Waals surface area contributed by atoms with Crippen molar-refractivity contribution >= 4 is 11.8 Å². The van der Waals surface area contributed by atoms with Crippen molar-refractivity contribution in [3.05, 3.63) is 66.0 Å². The lowest BCUT2D eigenvalue weighted by molar-refractivity contribution is -0.135. The molecule has 5 nitrogen and oxygen atoms in total. The zero-order chi connectivity index (χ0) is 20.6. The normalized spacial score (nSPS) is 16.3. The SMILES string of the molecule is CN(CCCOc1ccccc1)C(=O)C1CCCN(C(=O)c2ccc(F)cc2)C1. The number of likely N-dealkylation sites (tertiary alicyclic amines) is 1. The van der Waals surface area contributed by atoms with Gasteiger partial charge < -0.3 is 14.5 Å². The second-order valence-corrected chi connectivity index (χ2v) is 7.37. The van der Waals surface area contributed by atoms with Crippen molar-refractivity contribution in [2.24, 2.45) is 5.92 Å². The Kier molecular flexibility index (Phi) is 7.22. The highest BCUT2D eigenvalue weighted by Crippen LogP contribution is 2.21. The predicted octanol–water partition coefficient (Wildman–Crippen LogP) is 3.61. The summed E-state index contributed by atoms with van der Waals surface area (Å²) in [5.41, 5.74) is 0.450. The van der Waals surface area contributed by atoms with Crippen molar-refractivity contribution in [2.75, 3.05) is 33.3 Å². The van der Waals surface area contributed by atoms with Crippen LogP contribution in [0.4, 0.5) is 4.39 Å². The number of nitrogens with zero attached hydrogens (tertiary/aromatic N) is 2. The molecule has 29 heavy (non-hydrogen) atoms. The summed E-state index contributed by atoms with van der Waals surface area (Å²) < 4.78 is 18.8. The van der Waals surface area contributed by atoms with Crippen LogP contribution in [0.3, 0.4) is 0 Å². The third-order valence-electron chi connectivity index (χ3n) is 5.18. The summed E-state index contributed by atoms with van der Waals surface area (Å²) in [5.74, 6) is 0.158. The lowest BCUT2D eigenvalue weighted by Gasteiger charge is -2.34. The number of benzene rings is 2. The van der Waals surface area contributed by atoms with Crippen molar-refractivity contribution < 1.29 is 18.7 Å². The first-order chi connectivity index (χ1) is 14.0. The Morgan fingerprint density at radius 3 is 2.59 bits per heavy atom. The van der Waals surface area contributed by atoms with Gasteiger partial charge in [0.05, 0.1) is 12.5 Å². The first-order valence-electron chi connectivity index (χ1n) is 10.0. The highest BCUT2D eigenvalue weighted by Gasteiger charge is 2.30. The highest BCUT2D eigenvalue weighted by atomic mass is 19.1.